The van der Waals surface area contributed by atoms with Gasteiger partial charge < -0.3 is 14.4 Å². The molecule has 26 heavy (non-hydrogen) atoms. The van der Waals surface area contributed by atoms with Crippen LogP contribution in [0.15, 0.2) is 52.1 Å². The quantitative estimate of drug-likeness (QED) is 0.725. The van der Waals surface area contributed by atoms with Gasteiger partial charge in [0.25, 0.3) is 0 Å². The van der Waals surface area contributed by atoms with E-state index in [1.165, 1.54) is 0 Å². The van der Waals surface area contributed by atoms with Gasteiger partial charge in [0.05, 0.1) is 12.0 Å². The summed E-state index contributed by atoms with van der Waals surface area (Å²) >= 11 is 0. The zero-order chi connectivity index (χ0) is 18.1. The van der Waals surface area contributed by atoms with E-state index in [1.807, 2.05) is 55.1 Å². The number of aliphatic hydroxyl groups is 1. The van der Waals surface area contributed by atoms with Crippen molar-refractivity contribution in [1.29, 1.82) is 0 Å². The number of aryl methyl sites for hydroxylation is 2. The number of rotatable bonds is 1. The minimum absolute atomic E-state index is 0.262. The summed E-state index contributed by atoms with van der Waals surface area (Å²) in [6, 6.07) is 11.5. The summed E-state index contributed by atoms with van der Waals surface area (Å²) in [6.45, 7) is 4.49. The Labute approximate surface area is 150 Å². The van der Waals surface area contributed by atoms with Crippen molar-refractivity contribution < 1.29 is 14.3 Å². The van der Waals surface area contributed by atoms with E-state index in [2.05, 4.69) is 0 Å². The fraction of sp³-hybridized carbons (Fsp3) is 0.238. The fourth-order valence-electron chi connectivity index (χ4n) is 3.86. The molecule has 0 radical (unpaired) electrons. The Morgan fingerprint density at radius 3 is 2.81 bits per heavy atom. The lowest BCUT2D eigenvalue weighted by molar-refractivity contribution is 0.0602. The van der Waals surface area contributed by atoms with Crippen molar-refractivity contribution in [3.8, 4) is 0 Å². The molecule has 2 aromatic carbocycles. The number of nitrogens with zero attached hydrogens (tertiary/aromatic N) is 2. The molecule has 0 amide bonds. The molecule has 5 heteroatoms. The number of ketones is 1. The second kappa shape index (κ2) is 5.05. The molecule has 0 unspecified atom stereocenters. The average Bonchev–Trinajstić information content (AvgIpc) is 3.22. The van der Waals surface area contributed by atoms with Crippen molar-refractivity contribution in [3.63, 3.8) is 0 Å². The normalized spacial score (nSPS) is 21.7. The molecule has 3 aromatic rings. The van der Waals surface area contributed by atoms with Crippen LogP contribution in [0.4, 0.5) is 11.4 Å². The first-order chi connectivity index (χ1) is 12.5. The van der Waals surface area contributed by atoms with Crippen molar-refractivity contribution >= 4 is 34.0 Å². The molecule has 0 saturated carbocycles. The summed E-state index contributed by atoms with van der Waals surface area (Å²) in [5, 5.41) is 12.2. The lowest BCUT2D eigenvalue weighted by Crippen LogP contribution is -2.48. The Hall–Kier alpha value is -2.92. The first kappa shape index (κ1) is 15.3. The number of carbonyl (C=O) groups is 1. The molecule has 2 aliphatic rings. The summed E-state index contributed by atoms with van der Waals surface area (Å²) in [4.78, 5) is 19.7. The van der Waals surface area contributed by atoms with Crippen LogP contribution in [0.3, 0.4) is 0 Å². The zero-order valence-corrected chi connectivity index (χ0v) is 14.6. The van der Waals surface area contributed by atoms with Gasteiger partial charge >= 0.3 is 0 Å². The number of anilines is 1. The fourth-order valence-corrected chi connectivity index (χ4v) is 3.86. The van der Waals surface area contributed by atoms with Crippen molar-refractivity contribution in [3.05, 3.63) is 59.4 Å². The van der Waals surface area contributed by atoms with E-state index in [1.54, 1.807) is 6.26 Å². The maximum atomic E-state index is 13.1. The van der Waals surface area contributed by atoms with Crippen molar-refractivity contribution in [2.24, 2.45) is 4.99 Å². The van der Waals surface area contributed by atoms with E-state index in [0.717, 1.165) is 27.8 Å². The zero-order valence-electron chi connectivity index (χ0n) is 14.6. The van der Waals surface area contributed by atoms with Gasteiger partial charge in [0.1, 0.15) is 11.4 Å². The summed E-state index contributed by atoms with van der Waals surface area (Å²) in [7, 11) is 0. The molecule has 1 fully saturated rings. The molecular formula is C21H18N2O3. The van der Waals surface area contributed by atoms with Gasteiger partial charge in [-0.2, -0.15) is 0 Å². The Bertz CT molecular complexity index is 1110. The van der Waals surface area contributed by atoms with Gasteiger partial charge in [-0.3, -0.25) is 4.79 Å². The van der Waals surface area contributed by atoms with Gasteiger partial charge in [-0.15, -0.1) is 0 Å². The minimum atomic E-state index is -1.56. The highest BCUT2D eigenvalue weighted by Crippen LogP contribution is 2.40. The molecule has 2 aliphatic heterocycles. The number of hydrogen-bond donors (Lipinski definition) is 1. The van der Waals surface area contributed by atoms with E-state index in [0.29, 0.717) is 30.1 Å². The van der Waals surface area contributed by atoms with E-state index in [4.69, 9.17) is 9.41 Å². The Morgan fingerprint density at radius 1 is 1.15 bits per heavy atom. The second-order valence-corrected chi connectivity index (χ2v) is 7.12. The van der Waals surface area contributed by atoms with Crippen LogP contribution in [0.5, 0.6) is 0 Å². The van der Waals surface area contributed by atoms with Crippen molar-refractivity contribution in [2.45, 2.75) is 25.9 Å². The predicted octanol–water partition coefficient (Wildman–Crippen LogP) is 3.92. The molecule has 0 aliphatic carbocycles. The highest BCUT2D eigenvalue weighted by Gasteiger charge is 2.52. The third-order valence-electron chi connectivity index (χ3n) is 5.53. The Balaban J connectivity index is 1.67. The molecule has 0 spiro atoms. The summed E-state index contributed by atoms with van der Waals surface area (Å²) in [6.07, 6.45) is 1.98. The number of carbonyl (C=O) groups excluding carboxylic acids is 1. The maximum absolute atomic E-state index is 13.1. The molecule has 5 nitrogen and oxygen atoms in total. The Kier molecular flexibility index (Phi) is 2.98. The summed E-state index contributed by atoms with van der Waals surface area (Å²) in [5.41, 5.74) is 3.30. The number of fused-ring (bicyclic) bond motifs is 3. The van der Waals surface area contributed by atoms with Gasteiger partial charge in [-0.25, -0.2) is 4.99 Å². The number of aliphatic imine (C=N–C) groups is 1. The number of furan rings is 1. The first-order valence-corrected chi connectivity index (χ1v) is 8.70. The molecule has 3 heterocycles. The van der Waals surface area contributed by atoms with Crippen molar-refractivity contribution in [2.75, 3.05) is 11.4 Å². The number of benzene rings is 2. The highest BCUT2D eigenvalue weighted by atomic mass is 16.3. The van der Waals surface area contributed by atoms with Crippen LogP contribution in [0, 0.1) is 13.8 Å². The topological polar surface area (TPSA) is 66.0 Å². The third-order valence-corrected chi connectivity index (χ3v) is 5.53. The predicted molar refractivity (Wildman–Crippen MR) is 100 cm³/mol. The van der Waals surface area contributed by atoms with Gasteiger partial charge in [0.2, 0.25) is 5.78 Å². The van der Waals surface area contributed by atoms with E-state index >= 15 is 0 Å². The number of Topliss-reactive ketones (excluding diaryl/α,β-unsaturated/α-hetero) is 1. The van der Waals surface area contributed by atoms with E-state index in [-0.39, 0.29) is 5.78 Å². The van der Waals surface area contributed by atoms with Crippen LogP contribution in [-0.2, 0) is 0 Å². The number of amidine groups is 1. The summed E-state index contributed by atoms with van der Waals surface area (Å²) in [5.74, 6) is 0.145. The molecule has 0 bridgehead atoms. The van der Waals surface area contributed by atoms with E-state index in [9.17, 15) is 9.90 Å². The van der Waals surface area contributed by atoms with Crippen LogP contribution in [0.1, 0.15) is 27.9 Å². The average molecular weight is 346 g/mol. The second-order valence-electron chi connectivity index (χ2n) is 7.12. The largest absolute Gasteiger partial charge is 0.464 e. The lowest BCUT2D eigenvalue weighted by Gasteiger charge is -2.30. The number of hydrogen-bond acceptors (Lipinski definition) is 5. The van der Waals surface area contributed by atoms with Gasteiger partial charge in [0, 0.05) is 35.7 Å². The monoisotopic (exact) mass is 346 g/mol. The van der Waals surface area contributed by atoms with Crippen LogP contribution in [0.25, 0.3) is 11.0 Å². The third kappa shape index (κ3) is 1.95. The molecule has 1 N–H and O–H groups in total. The van der Waals surface area contributed by atoms with Crippen LogP contribution in [0.2, 0.25) is 0 Å². The minimum Gasteiger partial charge on any atom is -0.464 e. The molecule has 1 atom stereocenters. The van der Waals surface area contributed by atoms with Gasteiger partial charge in [0.15, 0.2) is 5.60 Å². The lowest BCUT2D eigenvalue weighted by atomic mass is 9.86. The molecule has 1 aromatic heterocycles. The molecule has 1 saturated heterocycles. The maximum Gasteiger partial charge on any atom is 0.204 e. The van der Waals surface area contributed by atoms with Crippen LogP contribution < -0.4 is 4.90 Å². The van der Waals surface area contributed by atoms with Crippen molar-refractivity contribution in [1.82, 2.24) is 0 Å². The van der Waals surface area contributed by atoms with Gasteiger partial charge in [-0.05, 0) is 55.3 Å². The molecular weight excluding hydrogens is 328 g/mol. The standard InChI is InChI=1S/C21H18N2O3/c1-12-9-16-17(10-13(12)2)22-20-21(25,19(16)24)6-7-23(20)15-4-3-14-5-8-26-18(14)11-15/h3-5,8-11,25H,6-7H2,1-2H3/t21-/m1/s1. The highest BCUT2D eigenvalue weighted by molar-refractivity contribution is 6.28. The van der Waals surface area contributed by atoms with Crippen LogP contribution >= 0.6 is 0 Å². The molecule has 130 valence electrons. The summed E-state index contributed by atoms with van der Waals surface area (Å²) < 4.78 is 5.49. The Morgan fingerprint density at radius 2 is 1.96 bits per heavy atom. The smallest absolute Gasteiger partial charge is 0.204 e. The van der Waals surface area contributed by atoms with E-state index < -0.39 is 5.60 Å². The molecule has 5 rings (SSSR count). The first-order valence-electron chi connectivity index (χ1n) is 8.70. The van der Waals surface area contributed by atoms with Crippen LogP contribution in [-0.4, -0.2) is 28.9 Å². The SMILES string of the molecule is Cc1cc2c(cc1C)C(=O)[C@]1(O)CCN(c3ccc4ccoc4c3)C1=N2. The van der Waals surface area contributed by atoms with Gasteiger partial charge in [-0.1, -0.05) is 0 Å².